The summed E-state index contributed by atoms with van der Waals surface area (Å²) in [5.41, 5.74) is 2.38. The van der Waals surface area contributed by atoms with Crippen LogP contribution in [0.25, 0.3) is 0 Å². The van der Waals surface area contributed by atoms with E-state index in [0.717, 1.165) is 11.1 Å². The molecule has 0 radical (unpaired) electrons. The molecule has 0 saturated carbocycles. The van der Waals surface area contributed by atoms with Crippen molar-refractivity contribution in [3.63, 3.8) is 0 Å². The molecule has 0 aliphatic heterocycles. The highest BCUT2D eigenvalue weighted by Crippen LogP contribution is 2.19. The summed E-state index contributed by atoms with van der Waals surface area (Å²) in [5.74, 6) is -1.20. The summed E-state index contributed by atoms with van der Waals surface area (Å²) in [4.78, 5) is 26.1. The number of hydrogen-bond donors (Lipinski definition) is 1. The van der Waals surface area contributed by atoms with Crippen molar-refractivity contribution in [3.8, 4) is 0 Å². The number of anilines is 1. The fourth-order valence-corrected chi connectivity index (χ4v) is 2.44. The molecule has 0 saturated heterocycles. The number of nitrogens with one attached hydrogen (secondary N) is 1. The van der Waals surface area contributed by atoms with Gasteiger partial charge in [-0.1, -0.05) is 41.9 Å². The summed E-state index contributed by atoms with van der Waals surface area (Å²) in [5, 5.41) is 3.24. The van der Waals surface area contributed by atoms with Crippen molar-refractivity contribution in [1.29, 1.82) is 0 Å². The molecule has 0 aliphatic carbocycles. The van der Waals surface area contributed by atoms with E-state index in [4.69, 9.17) is 11.6 Å². The Morgan fingerprint density at radius 1 is 1.13 bits per heavy atom. The Hall–Kier alpha value is -2.33. The number of halogens is 1. The maximum atomic E-state index is 12.3. The van der Waals surface area contributed by atoms with Gasteiger partial charge in [0.05, 0.1) is 0 Å². The first-order valence-electron chi connectivity index (χ1n) is 7.41. The van der Waals surface area contributed by atoms with Crippen LogP contribution >= 0.6 is 11.6 Å². The molecule has 0 fully saturated rings. The molecule has 2 aromatic rings. The number of carbonyl (C=O) groups excluding carboxylic acids is 2. The van der Waals surface area contributed by atoms with Crippen LogP contribution in [0.15, 0.2) is 48.5 Å². The third-order valence-corrected chi connectivity index (χ3v) is 3.75. The number of likely N-dealkylation sites (N-methyl/N-ethyl adjacent to an activating group) is 1. The molecule has 23 heavy (non-hydrogen) atoms. The van der Waals surface area contributed by atoms with Gasteiger partial charge in [-0.25, -0.2) is 0 Å². The molecule has 0 aromatic heterocycles. The number of hydrogen-bond acceptors (Lipinski definition) is 2. The van der Waals surface area contributed by atoms with E-state index in [0.29, 0.717) is 23.8 Å². The topological polar surface area (TPSA) is 49.4 Å². The highest BCUT2D eigenvalue weighted by Gasteiger charge is 2.21. The van der Waals surface area contributed by atoms with E-state index < -0.39 is 11.8 Å². The molecule has 2 rings (SSSR count). The number of aryl methyl sites for hydroxylation is 1. The van der Waals surface area contributed by atoms with E-state index >= 15 is 0 Å². The van der Waals surface area contributed by atoms with Crippen molar-refractivity contribution in [2.75, 3.05) is 11.9 Å². The molecule has 2 amide bonds. The highest BCUT2D eigenvalue weighted by atomic mass is 35.5. The third kappa shape index (κ3) is 4.57. The minimum Gasteiger partial charge on any atom is -0.330 e. The molecule has 0 heterocycles. The minimum atomic E-state index is -0.645. The molecule has 2 aromatic carbocycles. The zero-order valence-electron chi connectivity index (χ0n) is 13.2. The van der Waals surface area contributed by atoms with Gasteiger partial charge in [-0.15, -0.1) is 0 Å². The van der Waals surface area contributed by atoms with Gasteiger partial charge >= 0.3 is 11.8 Å². The maximum absolute atomic E-state index is 12.3. The minimum absolute atomic E-state index is 0.406. The first-order chi connectivity index (χ1) is 11.0. The molecule has 0 aliphatic rings. The first-order valence-corrected chi connectivity index (χ1v) is 7.79. The lowest BCUT2D eigenvalue weighted by molar-refractivity contribution is -0.143. The van der Waals surface area contributed by atoms with Crippen LogP contribution in [0, 0.1) is 6.92 Å². The quantitative estimate of drug-likeness (QED) is 0.870. The fourth-order valence-electron chi connectivity index (χ4n) is 2.22. The summed E-state index contributed by atoms with van der Waals surface area (Å²) >= 11 is 5.89. The molecule has 0 unspecified atom stereocenters. The summed E-state index contributed by atoms with van der Waals surface area (Å²) in [6.45, 7) is 4.54. The van der Waals surface area contributed by atoms with Crippen molar-refractivity contribution >= 4 is 29.1 Å². The lowest BCUT2D eigenvalue weighted by Crippen LogP contribution is -2.39. The average molecular weight is 331 g/mol. The average Bonchev–Trinajstić information content (AvgIpc) is 2.55. The Morgan fingerprint density at radius 2 is 1.83 bits per heavy atom. The van der Waals surface area contributed by atoms with Gasteiger partial charge in [0.1, 0.15) is 0 Å². The van der Waals surface area contributed by atoms with Crippen LogP contribution in [0.5, 0.6) is 0 Å². The van der Waals surface area contributed by atoms with Crippen LogP contribution in [0.1, 0.15) is 18.1 Å². The second kappa shape index (κ2) is 7.79. The molecular weight excluding hydrogens is 312 g/mol. The lowest BCUT2D eigenvalue weighted by Gasteiger charge is -2.20. The summed E-state index contributed by atoms with van der Waals surface area (Å²) in [6.07, 6.45) is 0. The van der Waals surface area contributed by atoms with Gasteiger partial charge in [0.25, 0.3) is 0 Å². The van der Waals surface area contributed by atoms with Gasteiger partial charge < -0.3 is 10.2 Å². The van der Waals surface area contributed by atoms with Crippen molar-refractivity contribution in [1.82, 2.24) is 4.90 Å². The van der Waals surface area contributed by atoms with E-state index in [1.54, 1.807) is 18.2 Å². The number of benzene rings is 2. The molecule has 0 atom stereocenters. The fraction of sp³-hybridized carbons (Fsp3) is 0.222. The highest BCUT2D eigenvalue weighted by molar-refractivity contribution is 6.39. The number of amides is 2. The molecule has 1 N–H and O–H groups in total. The van der Waals surface area contributed by atoms with E-state index in [2.05, 4.69) is 5.32 Å². The molecule has 4 nitrogen and oxygen atoms in total. The molecule has 5 heteroatoms. The Morgan fingerprint density at radius 3 is 2.43 bits per heavy atom. The van der Waals surface area contributed by atoms with E-state index in [1.165, 1.54) is 4.90 Å². The predicted octanol–water partition coefficient (Wildman–Crippen LogP) is 3.64. The monoisotopic (exact) mass is 330 g/mol. The zero-order valence-corrected chi connectivity index (χ0v) is 13.9. The van der Waals surface area contributed by atoms with Crippen LogP contribution < -0.4 is 5.32 Å². The van der Waals surface area contributed by atoms with Gasteiger partial charge in [-0.2, -0.15) is 0 Å². The molecule has 0 bridgehead atoms. The molecule has 0 spiro atoms. The molecular formula is C18H19ClN2O2. The summed E-state index contributed by atoms with van der Waals surface area (Å²) in [7, 11) is 0. The van der Waals surface area contributed by atoms with Gasteiger partial charge in [0, 0.05) is 23.8 Å². The van der Waals surface area contributed by atoms with Crippen LogP contribution in [0.2, 0.25) is 5.02 Å². The zero-order chi connectivity index (χ0) is 16.8. The Labute approximate surface area is 141 Å². The largest absolute Gasteiger partial charge is 0.330 e. The Bertz CT molecular complexity index is 701. The van der Waals surface area contributed by atoms with Crippen molar-refractivity contribution < 1.29 is 9.59 Å². The normalized spacial score (nSPS) is 10.2. The van der Waals surface area contributed by atoms with Crippen LogP contribution in [-0.4, -0.2) is 23.3 Å². The SMILES string of the molecule is CCN(Cc1ccccc1)C(=O)C(=O)Nc1ccc(Cl)cc1C. The summed E-state index contributed by atoms with van der Waals surface area (Å²) in [6, 6.07) is 14.7. The Kier molecular flexibility index (Phi) is 5.77. The van der Waals surface area contributed by atoms with Gasteiger partial charge in [0.2, 0.25) is 0 Å². The van der Waals surface area contributed by atoms with Crippen LogP contribution in [0.4, 0.5) is 5.69 Å². The van der Waals surface area contributed by atoms with E-state index in [1.807, 2.05) is 44.2 Å². The second-order valence-corrected chi connectivity index (χ2v) is 5.65. The van der Waals surface area contributed by atoms with E-state index in [9.17, 15) is 9.59 Å². The lowest BCUT2D eigenvalue weighted by atomic mass is 10.2. The van der Waals surface area contributed by atoms with Crippen molar-refractivity contribution in [3.05, 3.63) is 64.7 Å². The number of rotatable bonds is 4. The predicted molar refractivity (Wildman–Crippen MR) is 92.4 cm³/mol. The first kappa shape index (κ1) is 17.0. The van der Waals surface area contributed by atoms with Crippen LogP contribution in [0.3, 0.4) is 0 Å². The van der Waals surface area contributed by atoms with Crippen molar-refractivity contribution in [2.24, 2.45) is 0 Å². The molecule has 120 valence electrons. The standard InChI is InChI=1S/C18H19ClN2O2/c1-3-21(12-14-7-5-4-6-8-14)18(23)17(22)20-16-10-9-15(19)11-13(16)2/h4-11H,3,12H2,1-2H3,(H,20,22). The summed E-state index contributed by atoms with van der Waals surface area (Å²) < 4.78 is 0. The van der Waals surface area contributed by atoms with Crippen molar-refractivity contribution in [2.45, 2.75) is 20.4 Å². The second-order valence-electron chi connectivity index (χ2n) is 5.22. The van der Waals surface area contributed by atoms with Gasteiger partial charge in [-0.3, -0.25) is 9.59 Å². The Balaban J connectivity index is 2.06. The van der Waals surface area contributed by atoms with Gasteiger partial charge in [-0.05, 0) is 43.2 Å². The van der Waals surface area contributed by atoms with Crippen LogP contribution in [-0.2, 0) is 16.1 Å². The smallest absolute Gasteiger partial charge is 0.313 e. The van der Waals surface area contributed by atoms with E-state index in [-0.39, 0.29) is 0 Å². The van der Waals surface area contributed by atoms with Gasteiger partial charge in [0.15, 0.2) is 0 Å². The maximum Gasteiger partial charge on any atom is 0.313 e. The third-order valence-electron chi connectivity index (χ3n) is 3.52. The number of carbonyl (C=O) groups is 2. The number of nitrogens with zero attached hydrogens (tertiary/aromatic N) is 1.